The lowest BCUT2D eigenvalue weighted by atomic mass is 9.97. The molecule has 0 saturated carbocycles. The van der Waals surface area contributed by atoms with E-state index < -0.39 is 11.9 Å². The van der Waals surface area contributed by atoms with Crippen molar-refractivity contribution in [3.63, 3.8) is 0 Å². The van der Waals surface area contributed by atoms with E-state index in [1.165, 1.54) is 29.2 Å². The average Bonchev–Trinajstić information content (AvgIpc) is 3.32. The van der Waals surface area contributed by atoms with Crippen molar-refractivity contribution in [2.24, 2.45) is 0 Å². The summed E-state index contributed by atoms with van der Waals surface area (Å²) >= 11 is 1.64. The van der Waals surface area contributed by atoms with E-state index in [-0.39, 0.29) is 18.9 Å². The number of amides is 1. The molecule has 0 aromatic carbocycles. The molecule has 3 heterocycles. The number of hydrogen-bond donors (Lipinski definition) is 2. The number of nitrogens with two attached hydrogens (primary N) is 1. The monoisotopic (exact) mass is 386 g/mol. The van der Waals surface area contributed by atoms with E-state index in [9.17, 15) is 9.59 Å². The van der Waals surface area contributed by atoms with Crippen LogP contribution in [-0.4, -0.2) is 28.4 Å². The number of anilines is 1. The van der Waals surface area contributed by atoms with Crippen LogP contribution in [-0.2, 0) is 29.0 Å². The predicted octanol–water partition coefficient (Wildman–Crippen LogP) is 2.22. The van der Waals surface area contributed by atoms with Crippen LogP contribution in [0.4, 0.5) is 5.82 Å². The highest BCUT2D eigenvalue weighted by Crippen LogP contribution is 2.37. The molecule has 27 heavy (non-hydrogen) atoms. The van der Waals surface area contributed by atoms with Crippen molar-refractivity contribution in [2.45, 2.75) is 32.3 Å². The van der Waals surface area contributed by atoms with Crippen LogP contribution in [0.5, 0.6) is 0 Å². The number of nitrogens with zero attached hydrogens (tertiary/aromatic N) is 2. The van der Waals surface area contributed by atoms with E-state index in [1.54, 1.807) is 17.4 Å². The van der Waals surface area contributed by atoms with E-state index >= 15 is 0 Å². The van der Waals surface area contributed by atoms with Gasteiger partial charge in [-0.25, -0.2) is 9.97 Å². The van der Waals surface area contributed by atoms with E-state index in [0.29, 0.717) is 11.6 Å². The molecule has 0 aliphatic heterocycles. The number of hydrogen-bond acceptors (Lipinski definition) is 8. The molecule has 1 aliphatic rings. The van der Waals surface area contributed by atoms with Crippen LogP contribution in [0.3, 0.4) is 0 Å². The first-order chi connectivity index (χ1) is 13.1. The Morgan fingerprint density at radius 3 is 2.96 bits per heavy atom. The summed E-state index contributed by atoms with van der Waals surface area (Å²) in [6.45, 7) is -0.372. The van der Waals surface area contributed by atoms with E-state index in [4.69, 9.17) is 14.9 Å². The highest BCUT2D eigenvalue weighted by Gasteiger charge is 2.20. The molecule has 0 radical (unpaired) electrons. The number of esters is 1. The smallest absolute Gasteiger partial charge is 0.325 e. The van der Waals surface area contributed by atoms with Crippen LogP contribution in [0, 0.1) is 0 Å². The Bertz CT molecular complexity index is 997. The van der Waals surface area contributed by atoms with Crippen molar-refractivity contribution in [1.82, 2.24) is 15.3 Å². The fraction of sp³-hybridized carbons (Fsp3) is 0.333. The van der Waals surface area contributed by atoms with Gasteiger partial charge in [0.2, 0.25) is 0 Å². The Morgan fingerprint density at radius 1 is 1.30 bits per heavy atom. The van der Waals surface area contributed by atoms with E-state index in [0.717, 1.165) is 29.5 Å². The van der Waals surface area contributed by atoms with Crippen molar-refractivity contribution < 1.29 is 18.7 Å². The molecule has 0 atom stereocenters. The summed E-state index contributed by atoms with van der Waals surface area (Å²) in [4.78, 5) is 34.5. The Morgan fingerprint density at radius 2 is 2.15 bits per heavy atom. The summed E-state index contributed by atoms with van der Waals surface area (Å²) in [7, 11) is 0. The number of furan rings is 1. The van der Waals surface area contributed by atoms with Gasteiger partial charge in [-0.1, -0.05) is 0 Å². The molecule has 3 aromatic heterocycles. The lowest BCUT2D eigenvalue weighted by Crippen LogP contribution is -2.30. The Labute approximate surface area is 158 Å². The maximum absolute atomic E-state index is 11.8. The molecule has 1 aliphatic carbocycles. The summed E-state index contributed by atoms with van der Waals surface area (Å²) in [5.41, 5.74) is 7.40. The topological polar surface area (TPSA) is 120 Å². The second kappa shape index (κ2) is 7.36. The molecule has 9 heteroatoms. The van der Waals surface area contributed by atoms with Crippen LogP contribution in [0.2, 0.25) is 0 Å². The van der Waals surface area contributed by atoms with E-state index in [2.05, 4.69) is 15.3 Å². The molecule has 0 spiro atoms. The van der Waals surface area contributed by atoms with Crippen molar-refractivity contribution in [3.05, 3.63) is 40.4 Å². The lowest BCUT2D eigenvalue weighted by Gasteiger charge is -2.10. The van der Waals surface area contributed by atoms with Gasteiger partial charge in [-0.3, -0.25) is 9.59 Å². The summed E-state index contributed by atoms with van der Waals surface area (Å²) in [5.74, 6) is -0.169. The van der Waals surface area contributed by atoms with E-state index in [1.807, 2.05) is 0 Å². The van der Waals surface area contributed by atoms with Crippen molar-refractivity contribution in [2.75, 3.05) is 12.3 Å². The Kier molecular flexibility index (Phi) is 4.76. The zero-order valence-corrected chi connectivity index (χ0v) is 15.3. The van der Waals surface area contributed by atoms with Crippen LogP contribution >= 0.6 is 11.3 Å². The Balaban J connectivity index is 1.38. The SMILES string of the molecule is Nc1nc(COC(=O)CNC(=O)c2ccco2)nc2sc3c(c12)CCCC3. The van der Waals surface area contributed by atoms with Gasteiger partial charge in [-0.05, 0) is 43.4 Å². The zero-order chi connectivity index (χ0) is 18.8. The first-order valence-electron chi connectivity index (χ1n) is 8.66. The molecule has 140 valence electrons. The number of aryl methyl sites for hydroxylation is 2. The van der Waals surface area contributed by atoms with Gasteiger partial charge in [0.1, 0.15) is 17.2 Å². The molecule has 0 fully saturated rings. The number of rotatable bonds is 5. The quantitative estimate of drug-likeness (QED) is 0.645. The molecule has 3 N–H and O–H groups in total. The minimum atomic E-state index is -0.595. The number of aromatic nitrogens is 2. The normalized spacial score (nSPS) is 13.3. The number of fused-ring (bicyclic) bond motifs is 3. The second-order valence-corrected chi connectivity index (χ2v) is 7.32. The van der Waals surface area contributed by atoms with Gasteiger partial charge in [-0.2, -0.15) is 0 Å². The first-order valence-corrected chi connectivity index (χ1v) is 9.47. The largest absolute Gasteiger partial charge is 0.459 e. The Hall–Kier alpha value is -2.94. The number of nitrogens with one attached hydrogen (secondary N) is 1. The van der Waals surface area contributed by atoms with Gasteiger partial charge in [0.05, 0.1) is 11.6 Å². The summed E-state index contributed by atoms with van der Waals surface area (Å²) in [6.07, 6.45) is 5.78. The summed E-state index contributed by atoms with van der Waals surface area (Å²) in [6, 6.07) is 3.10. The highest BCUT2D eigenvalue weighted by atomic mass is 32.1. The number of thiophene rings is 1. The average molecular weight is 386 g/mol. The minimum absolute atomic E-state index is 0.0990. The summed E-state index contributed by atoms with van der Waals surface area (Å²) < 4.78 is 10.1. The number of carbonyl (C=O) groups is 2. The third kappa shape index (κ3) is 3.63. The van der Waals surface area contributed by atoms with Crippen LogP contribution in [0.15, 0.2) is 22.8 Å². The standard InChI is InChI=1S/C18H18N4O4S/c19-16-15-10-4-1-2-6-12(10)27-18(15)22-13(21-16)9-26-14(23)8-20-17(24)11-5-3-7-25-11/h3,5,7H,1-2,4,6,8-9H2,(H,20,24)(H2,19,21,22). The summed E-state index contributed by atoms with van der Waals surface area (Å²) in [5, 5.41) is 3.36. The van der Waals surface area contributed by atoms with Crippen LogP contribution in [0.25, 0.3) is 10.2 Å². The molecular formula is C18H18N4O4S. The zero-order valence-electron chi connectivity index (χ0n) is 14.5. The molecule has 4 rings (SSSR count). The van der Waals surface area contributed by atoms with Gasteiger partial charge in [0.15, 0.2) is 18.2 Å². The van der Waals surface area contributed by atoms with Crippen molar-refractivity contribution in [1.29, 1.82) is 0 Å². The van der Waals surface area contributed by atoms with Gasteiger partial charge in [0.25, 0.3) is 5.91 Å². The number of nitrogen functional groups attached to an aromatic ring is 1. The fourth-order valence-electron chi connectivity index (χ4n) is 3.14. The van der Waals surface area contributed by atoms with Crippen LogP contribution in [0.1, 0.15) is 39.7 Å². The number of ether oxygens (including phenoxy) is 1. The lowest BCUT2D eigenvalue weighted by molar-refractivity contribution is -0.143. The van der Waals surface area contributed by atoms with Gasteiger partial charge >= 0.3 is 5.97 Å². The second-order valence-electron chi connectivity index (χ2n) is 6.24. The molecule has 0 bridgehead atoms. The molecular weight excluding hydrogens is 368 g/mol. The highest BCUT2D eigenvalue weighted by molar-refractivity contribution is 7.19. The first kappa shape index (κ1) is 17.5. The van der Waals surface area contributed by atoms with Crippen LogP contribution < -0.4 is 11.1 Å². The molecule has 3 aromatic rings. The van der Waals surface area contributed by atoms with Gasteiger partial charge in [0, 0.05) is 4.88 Å². The third-order valence-corrected chi connectivity index (χ3v) is 5.58. The van der Waals surface area contributed by atoms with Gasteiger partial charge in [-0.15, -0.1) is 11.3 Å². The molecule has 0 saturated heterocycles. The maximum atomic E-state index is 11.8. The molecule has 1 amide bonds. The predicted molar refractivity (Wildman–Crippen MR) is 99.3 cm³/mol. The van der Waals surface area contributed by atoms with Crippen molar-refractivity contribution in [3.8, 4) is 0 Å². The maximum Gasteiger partial charge on any atom is 0.325 e. The van der Waals surface area contributed by atoms with Crippen molar-refractivity contribution >= 4 is 39.2 Å². The van der Waals surface area contributed by atoms with Gasteiger partial charge < -0.3 is 20.2 Å². The molecule has 8 nitrogen and oxygen atoms in total. The third-order valence-electron chi connectivity index (χ3n) is 4.39. The minimum Gasteiger partial charge on any atom is -0.459 e. The number of carbonyl (C=O) groups excluding carboxylic acids is 2. The molecule has 0 unspecified atom stereocenters. The fourth-order valence-corrected chi connectivity index (χ4v) is 4.43.